The maximum Gasteiger partial charge on any atom is 0.273 e. The van der Waals surface area contributed by atoms with Crippen LogP contribution in [0.4, 0.5) is 17.1 Å². The molecule has 4 aromatic carbocycles. The van der Waals surface area contributed by atoms with Crippen molar-refractivity contribution in [3.8, 4) is 0 Å². The minimum atomic E-state index is -0.295. The van der Waals surface area contributed by atoms with Gasteiger partial charge >= 0.3 is 0 Å². The number of para-hydroxylation sites is 1. The standard InChI is InChI=1S/C31H30N4O3/c36-31-26-12-6-11-25-28(14-15-29(30(25)26)34(31)19-16-23-8-2-1-3-9-23)33-18-7-17-32(20-21-33)22-24-10-4-5-13-27(24)35(37)38/h1-6,8-15H,7,16-22H2. The first-order chi connectivity index (χ1) is 18.6. The third-order valence-corrected chi connectivity index (χ3v) is 7.74. The first-order valence-electron chi connectivity index (χ1n) is 13.2. The van der Waals surface area contributed by atoms with E-state index in [0.717, 1.165) is 72.3 Å². The average Bonchev–Trinajstić information content (AvgIpc) is 3.06. The van der Waals surface area contributed by atoms with Gasteiger partial charge in [-0.2, -0.15) is 0 Å². The van der Waals surface area contributed by atoms with Crippen molar-refractivity contribution in [1.82, 2.24) is 4.90 Å². The van der Waals surface area contributed by atoms with Crippen LogP contribution in [0.25, 0.3) is 10.8 Å². The first-order valence-corrected chi connectivity index (χ1v) is 13.2. The molecule has 7 nitrogen and oxygen atoms in total. The molecule has 2 aliphatic heterocycles. The molecular weight excluding hydrogens is 476 g/mol. The lowest BCUT2D eigenvalue weighted by molar-refractivity contribution is -0.385. The molecule has 0 atom stereocenters. The second-order valence-corrected chi connectivity index (χ2v) is 10.0. The second kappa shape index (κ2) is 10.3. The molecule has 0 bridgehead atoms. The van der Waals surface area contributed by atoms with Crippen LogP contribution < -0.4 is 9.80 Å². The van der Waals surface area contributed by atoms with Crippen LogP contribution in [0.5, 0.6) is 0 Å². The summed E-state index contributed by atoms with van der Waals surface area (Å²) in [6, 6.07) is 27.6. The van der Waals surface area contributed by atoms with Crippen molar-refractivity contribution >= 4 is 33.7 Å². The zero-order valence-corrected chi connectivity index (χ0v) is 21.3. The van der Waals surface area contributed by atoms with Gasteiger partial charge in [0.1, 0.15) is 0 Å². The van der Waals surface area contributed by atoms with Gasteiger partial charge in [-0.15, -0.1) is 0 Å². The van der Waals surface area contributed by atoms with E-state index in [1.54, 1.807) is 12.1 Å². The van der Waals surface area contributed by atoms with Crippen LogP contribution >= 0.6 is 0 Å². The van der Waals surface area contributed by atoms with Gasteiger partial charge in [-0.25, -0.2) is 0 Å². The molecule has 2 aliphatic rings. The monoisotopic (exact) mass is 506 g/mol. The first kappa shape index (κ1) is 24.1. The molecule has 4 aromatic rings. The Hall–Kier alpha value is -4.23. The van der Waals surface area contributed by atoms with Gasteiger partial charge in [0.05, 0.1) is 10.6 Å². The second-order valence-electron chi connectivity index (χ2n) is 10.0. The van der Waals surface area contributed by atoms with E-state index in [0.29, 0.717) is 13.1 Å². The van der Waals surface area contributed by atoms with E-state index in [2.05, 4.69) is 40.1 Å². The average molecular weight is 507 g/mol. The summed E-state index contributed by atoms with van der Waals surface area (Å²) < 4.78 is 0. The Balaban J connectivity index is 1.22. The number of carbonyl (C=O) groups excluding carboxylic acids is 1. The van der Waals surface area contributed by atoms with Gasteiger partial charge in [0.2, 0.25) is 0 Å². The van der Waals surface area contributed by atoms with E-state index < -0.39 is 0 Å². The molecule has 0 aliphatic carbocycles. The summed E-state index contributed by atoms with van der Waals surface area (Å²) >= 11 is 0. The van der Waals surface area contributed by atoms with Gasteiger partial charge in [-0.05, 0) is 36.6 Å². The van der Waals surface area contributed by atoms with Crippen molar-refractivity contribution in [3.05, 3.63) is 112 Å². The fourth-order valence-electron chi connectivity index (χ4n) is 5.85. The van der Waals surface area contributed by atoms with Gasteiger partial charge in [-0.1, -0.05) is 60.7 Å². The fraction of sp³-hybridized carbons (Fsp3) is 0.258. The van der Waals surface area contributed by atoms with Crippen molar-refractivity contribution < 1.29 is 9.72 Å². The summed E-state index contributed by atoms with van der Waals surface area (Å²) in [5.41, 5.74) is 5.08. The van der Waals surface area contributed by atoms with Gasteiger partial charge in [0.25, 0.3) is 11.6 Å². The third kappa shape index (κ3) is 4.50. The number of amides is 1. The number of nitro benzene ring substituents is 1. The molecule has 1 fully saturated rings. The summed E-state index contributed by atoms with van der Waals surface area (Å²) in [5, 5.41) is 13.6. The van der Waals surface area contributed by atoms with Crippen molar-refractivity contribution in [2.45, 2.75) is 19.4 Å². The minimum absolute atomic E-state index is 0.0742. The highest BCUT2D eigenvalue weighted by Gasteiger charge is 2.31. The zero-order chi connectivity index (χ0) is 26.1. The van der Waals surface area contributed by atoms with Crippen molar-refractivity contribution in [2.75, 3.05) is 42.5 Å². The molecular formula is C31H30N4O3. The van der Waals surface area contributed by atoms with Crippen molar-refractivity contribution in [3.63, 3.8) is 0 Å². The van der Waals surface area contributed by atoms with E-state index >= 15 is 0 Å². The molecule has 7 heteroatoms. The molecule has 1 saturated heterocycles. The Labute approximate surface area is 222 Å². The highest BCUT2D eigenvalue weighted by Crippen LogP contribution is 2.42. The summed E-state index contributed by atoms with van der Waals surface area (Å²) in [7, 11) is 0. The largest absolute Gasteiger partial charge is 0.370 e. The predicted octanol–water partition coefficient (Wildman–Crippen LogP) is 5.66. The Morgan fingerprint density at radius 2 is 1.58 bits per heavy atom. The normalized spacial score (nSPS) is 15.7. The smallest absolute Gasteiger partial charge is 0.273 e. The van der Waals surface area contributed by atoms with E-state index in [-0.39, 0.29) is 16.5 Å². The Kier molecular flexibility index (Phi) is 6.52. The number of hydrogen-bond donors (Lipinski definition) is 0. The lowest BCUT2D eigenvalue weighted by Gasteiger charge is -2.26. The maximum absolute atomic E-state index is 13.4. The molecule has 192 valence electrons. The molecule has 0 saturated carbocycles. The van der Waals surface area contributed by atoms with Crippen molar-refractivity contribution in [2.24, 2.45) is 0 Å². The molecule has 0 unspecified atom stereocenters. The highest BCUT2D eigenvalue weighted by atomic mass is 16.6. The van der Waals surface area contributed by atoms with Gasteiger partial charge in [-0.3, -0.25) is 19.8 Å². The lowest BCUT2D eigenvalue weighted by atomic mass is 10.0. The summed E-state index contributed by atoms with van der Waals surface area (Å²) in [6.07, 6.45) is 1.77. The molecule has 0 aromatic heterocycles. The van der Waals surface area contributed by atoms with Crippen LogP contribution in [0.15, 0.2) is 84.9 Å². The number of hydrogen-bond acceptors (Lipinski definition) is 5. The Morgan fingerprint density at radius 3 is 2.42 bits per heavy atom. The Bertz CT molecular complexity index is 1500. The van der Waals surface area contributed by atoms with Crippen LogP contribution in [0.3, 0.4) is 0 Å². The number of carbonyl (C=O) groups is 1. The van der Waals surface area contributed by atoms with Crippen LogP contribution in [0.2, 0.25) is 0 Å². The highest BCUT2D eigenvalue weighted by molar-refractivity contribution is 6.26. The zero-order valence-electron chi connectivity index (χ0n) is 21.3. The van der Waals surface area contributed by atoms with Crippen LogP contribution in [-0.2, 0) is 13.0 Å². The molecule has 1 amide bonds. The van der Waals surface area contributed by atoms with Gasteiger partial charge in [0.15, 0.2) is 0 Å². The fourth-order valence-corrected chi connectivity index (χ4v) is 5.85. The molecule has 0 N–H and O–H groups in total. The third-order valence-electron chi connectivity index (χ3n) is 7.74. The van der Waals surface area contributed by atoms with Crippen molar-refractivity contribution in [1.29, 1.82) is 0 Å². The number of benzene rings is 4. The summed E-state index contributed by atoms with van der Waals surface area (Å²) in [5.74, 6) is 0.0742. The topological polar surface area (TPSA) is 69.9 Å². The number of nitrogens with zero attached hydrogens (tertiary/aromatic N) is 4. The molecule has 38 heavy (non-hydrogen) atoms. The van der Waals surface area contributed by atoms with Crippen LogP contribution in [0.1, 0.15) is 27.9 Å². The van der Waals surface area contributed by atoms with Crippen LogP contribution in [0, 0.1) is 10.1 Å². The van der Waals surface area contributed by atoms with Crippen LogP contribution in [-0.4, -0.2) is 48.5 Å². The quantitative estimate of drug-likeness (QED) is 0.239. The predicted molar refractivity (Wildman–Crippen MR) is 151 cm³/mol. The SMILES string of the molecule is O=C1c2cccc3c(N4CCCN(Cc5ccccc5[N+](=O)[O-])CC4)ccc(c23)N1CCc1ccccc1. The van der Waals surface area contributed by atoms with E-state index in [4.69, 9.17) is 0 Å². The van der Waals surface area contributed by atoms with E-state index in [1.807, 2.05) is 47.4 Å². The van der Waals surface area contributed by atoms with Gasteiger partial charge in [0, 0.05) is 72.9 Å². The molecule has 0 spiro atoms. The van der Waals surface area contributed by atoms with Gasteiger partial charge < -0.3 is 9.80 Å². The summed E-state index contributed by atoms with van der Waals surface area (Å²) in [6.45, 7) is 4.64. The lowest BCUT2D eigenvalue weighted by Crippen LogP contribution is -2.30. The molecule has 0 radical (unpaired) electrons. The number of rotatable bonds is 7. The summed E-state index contributed by atoms with van der Waals surface area (Å²) in [4.78, 5) is 31.2. The number of anilines is 2. The minimum Gasteiger partial charge on any atom is -0.370 e. The molecule has 6 rings (SSSR count). The van der Waals surface area contributed by atoms with E-state index in [1.165, 1.54) is 5.56 Å². The Morgan fingerprint density at radius 1 is 0.789 bits per heavy atom. The van der Waals surface area contributed by atoms with E-state index in [9.17, 15) is 14.9 Å². The number of nitro groups is 1. The maximum atomic E-state index is 13.4. The molecule has 2 heterocycles.